The number of nitrogens with one attached hydrogen (secondary N) is 1. The van der Waals surface area contributed by atoms with E-state index in [1.807, 2.05) is 12.3 Å². The van der Waals surface area contributed by atoms with Crippen molar-refractivity contribution in [1.82, 2.24) is 4.68 Å². The summed E-state index contributed by atoms with van der Waals surface area (Å²) in [4.78, 5) is 0. The Kier molecular flexibility index (Phi) is 1.24. The molecular formula is C8H11N3. The van der Waals surface area contributed by atoms with E-state index in [-0.39, 0.29) is 0 Å². The molecule has 1 aromatic rings. The third-order valence-corrected chi connectivity index (χ3v) is 2.05. The Hall–Kier alpha value is -1.25. The van der Waals surface area contributed by atoms with Crippen molar-refractivity contribution in [2.75, 3.05) is 5.84 Å². The SMILES string of the molecule is N=c1ccc(C2CC2)cn1N. The van der Waals surface area contributed by atoms with Crippen molar-refractivity contribution in [2.24, 2.45) is 0 Å². The molecule has 1 heterocycles. The topological polar surface area (TPSA) is 54.8 Å². The van der Waals surface area contributed by atoms with Crippen molar-refractivity contribution in [3.8, 4) is 0 Å². The Bertz CT molecular complexity index is 322. The van der Waals surface area contributed by atoms with E-state index in [0.29, 0.717) is 11.4 Å². The van der Waals surface area contributed by atoms with Gasteiger partial charge in [-0.15, -0.1) is 0 Å². The van der Waals surface area contributed by atoms with Crippen molar-refractivity contribution < 1.29 is 0 Å². The van der Waals surface area contributed by atoms with E-state index in [0.717, 1.165) is 0 Å². The molecule has 0 spiro atoms. The number of hydrogen-bond acceptors (Lipinski definition) is 2. The van der Waals surface area contributed by atoms with E-state index < -0.39 is 0 Å². The van der Waals surface area contributed by atoms with Gasteiger partial charge < -0.3 is 5.84 Å². The maximum Gasteiger partial charge on any atom is 0.143 e. The smallest absolute Gasteiger partial charge is 0.143 e. The van der Waals surface area contributed by atoms with Crippen LogP contribution in [0.1, 0.15) is 24.3 Å². The number of nitrogen functional groups attached to an aromatic ring is 1. The van der Waals surface area contributed by atoms with Crippen molar-refractivity contribution in [2.45, 2.75) is 18.8 Å². The van der Waals surface area contributed by atoms with E-state index >= 15 is 0 Å². The van der Waals surface area contributed by atoms with Gasteiger partial charge in [-0.05, 0) is 30.4 Å². The number of aromatic nitrogens is 1. The Morgan fingerprint density at radius 1 is 1.45 bits per heavy atom. The fraction of sp³-hybridized carbons (Fsp3) is 0.375. The maximum absolute atomic E-state index is 7.32. The molecule has 3 N–H and O–H groups in total. The lowest BCUT2D eigenvalue weighted by atomic mass is 10.2. The van der Waals surface area contributed by atoms with E-state index in [1.54, 1.807) is 6.07 Å². The monoisotopic (exact) mass is 149 g/mol. The van der Waals surface area contributed by atoms with E-state index in [1.165, 1.54) is 23.1 Å². The van der Waals surface area contributed by atoms with Crippen LogP contribution in [0.2, 0.25) is 0 Å². The first kappa shape index (κ1) is 6.46. The Balaban J connectivity index is 2.44. The van der Waals surface area contributed by atoms with Gasteiger partial charge in [-0.1, -0.05) is 6.07 Å². The molecule has 2 rings (SSSR count). The highest BCUT2D eigenvalue weighted by Gasteiger charge is 2.23. The van der Waals surface area contributed by atoms with Crippen LogP contribution in [-0.2, 0) is 0 Å². The number of pyridine rings is 1. The van der Waals surface area contributed by atoms with Gasteiger partial charge in [0.2, 0.25) is 0 Å². The molecule has 3 nitrogen and oxygen atoms in total. The first-order chi connectivity index (χ1) is 5.27. The van der Waals surface area contributed by atoms with Crippen LogP contribution >= 0.6 is 0 Å². The molecule has 0 aromatic carbocycles. The molecule has 58 valence electrons. The summed E-state index contributed by atoms with van der Waals surface area (Å²) in [5, 5.41) is 7.32. The van der Waals surface area contributed by atoms with Crippen LogP contribution in [0.5, 0.6) is 0 Å². The average Bonchev–Trinajstić information content (AvgIpc) is 2.77. The lowest BCUT2D eigenvalue weighted by Crippen LogP contribution is -2.25. The molecule has 0 bridgehead atoms. The van der Waals surface area contributed by atoms with Gasteiger partial charge in [0, 0.05) is 6.20 Å². The van der Waals surface area contributed by atoms with Crippen LogP contribution in [0, 0.1) is 5.41 Å². The van der Waals surface area contributed by atoms with E-state index in [9.17, 15) is 0 Å². The minimum absolute atomic E-state index is 0.356. The Morgan fingerprint density at radius 2 is 2.18 bits per heavy atom. The van der Waals surface area contributed by atoms with Crippen LogP contribution in [0.4, 0.5) is 0 Å². The van der Waals surface area contributed by atoms with Crippen LogP contribution < -0.4 is 11.3 Å². The van der Waals surface area contributed by atoms with Crippen LogP contribution in [0.3, 0.4) is 0 Å². The first-order valence-electron chi connectivity index (χ1n) is 3.79. The first-order valence-corrected chi connectivity index (χ1v) is 3.79. The number of hydrogen-bond donors (Lipinski definition) is 2. The summed E-state index contributed by atoms with van der Waals surface area (Å²) in [5.41, 5.74) is 1.62. The highest BCUT2D eigenvalue weighted by Crippen LogP contribution is 2.39. The lowest BCUT2D eigenvalue weighted by molar-refractivity contribution is 0.859. The zero-order valence-corrected chi connectivity index (χ0v) is 6.25. The predicted octanol–water partition coefficient (Wildman–Crippen LogP) is 0.559. The molecule has 0 unspecified atom stereocenters. The Morgan fingerprint density at radius 3 is 2.73 bits per heavy atom. The molecule has 1 aromatic heterocycles. The molecule has 1 aliphatic carbocycles. The number of nitrogens with zero attached hydrogens (tertiary/aromatic N) is 1. The van der Waals surface area contributed by atoms with Gasteiger partial charge in [0.1, 0.15) is 5.49 Å². The molecule has 0 atom stereocenters. The van der Waals surface area contributed by atoms with Gasteiger partial charge >= 0.3 is 0 Å². The predicted molar refractivity (Wildman–Crippen MR) is 42.4 cm³/mol. The molecule has 0 saturated heterocycles. The zero-order chi connectivity index (χ0) is 7.84. The summed E-state index contributed by atoms with van der Waals surface area (Å²) in [7, 11) is 0. The van der Waals surface area contributed by atoms with Crippen molar-refractivity contribution in [1.29, 1.82) is 5.41 Å². The quantitative estimate of drug-likeness (QED) is 0.563. The van der Waals surface area contributed by atoms with E-state index in [4.69, 9.17) is 11.3 Å². The van der Waals surface area contributed by atoms with Gasteiger partial charge in [0.25, 0.3) is 0 Å². The van der Waals surface area contributed by atoms with Gasteiger partial charge in [-0.25, -0.2) is 0 Å². The summed E-state index contributed by atoms with van der Waals surface area (Å²) in [6.07, 6.45) is 4.40. The van der Waals surface area contributed by atoms with Gasteiger partial charge in [-0.2, -0.15) is 0 Å². The van der Waals surface area contributed by atoms with Crippen molar-refractivity contribution in [3.05, 3.63) is 29.4 Å². The third-order valence-electron chi connectivity index (χ3n) is 2.05. The van der Waals surface area contributed by atoms with Gasteiger partial charge in [-0.3, -0.25) is 10.1 Å². The zero-order valence-electron chi connectivity index (χ0n) is 6.25. The molecule has 1 saturated carbocycles. The molecule has 0 aliphatic heterocycles. The maximum atomic E-state index is 7.32. The molecular weight excluding hydrogens is 138 g/mol. The lowest BCUT2D eigenvalue weighted by Gasteiger charge is -2.01. The Labute approximate surface area is 64.9 Å². The molecule has 0 amide bonds. The van der Waals surface area contributed by atoms with E-state index in [2.05, 4.69) is 0 Å². The van der Waals surface area contributed by atoms with Gasteiger partial charge in [0.15, 0.2) is 0 Å². The molecule has 1 fully saturated rings. The molecule has 3 heteroatoms. The standard InChI is InChI=1S/C8H11N3/c9-8-4-3-7(5-11(8)10)6-1-2-6/h3-6,9H,1-2,10H2. The van der Waals surface area contributed by atoms with Crippen molar-refractivity contribution in [3.63, 3.8) is 0 Å². The largest absolute Gasteiger partial charge is 0.338 e. The average molecular weight is 149 g/mol. The van der Waals surface area contributed by atoms with Crippen LogP contribution in [-0.4, -0.2) is 4.68 Å². The summed E-state index contributed by atoms with van der Waals surface area (Å²) in [6, 6.07) is 3.73. The summed E-state index contributed by atoms with van der Waals surface area (Å²) >= 11 is 0. The van der Waals surface area contributed by atoms with Gasteiger partial charge in [0.05, 0.1) is 0 Å². The summed E-state index contributed by atoms with van der Waals surface area (Å²) in [6.45, 7) is 0. The second-order valence-electron chi connectivity index (χ2n) is 3.03. The normalized spacial score (nSPS) is 16.7. The minimum atomic E-state index is 0.356. The number of rotatable bonds is 1. The molecule has 1 aliphatic rings. The summed E-state index contributed by atoms with van der Waals surface area (Å²) in [5.74, 6) is 6.23. The fourth-order valence-corrected chi connectivity index (χ4v) is 1.19. The van der Waals surface area contributed by atoms with Crippen LogP contribution in [0.15, 0.2) is 18.3 Å². The molecule has 11 heavy (non-hydrogen) atoms. The second kappa shape index (κ2) is 2.12. The van der Waals surface area contributed by atoms with Crippen molar-refractivity contribution >= 4 is 0 Å². The summed E-state index contributed by atoms with van der Waals surface area (Å²) < 4.78 is 1.37. The van der Waals surface area contributed by atoms with Crippen LogP contribution in [0.25, 0.3) is 0 Å². The fourth-order valence-electron chi connectivity index (χ4n) is 1.19. The second-order valence-corrected chi connectivity index (χ2v) is 3.03. The molecule has 0 radical (unpaired) electrons. The highest BCUT2D eigenvalue weighted by molar-refractivity contribution is 5.19. The highest BCUT2D eigenvalue weighted by atomic mass is 15.3. The number of nitrogens with two attached hydrogens (primary N) is 1. The third kappa shape index (κ3) is 1.13. The minimum Gasteiger partial charge on any atom is -0.338 e.